The van der Waals surface area contributed by atoms with Crippen LogP contribution in [0.4, 0.5) is 0 Å². The third-order valence-electron chi connectivity index (χ3n) is 3.64. The molecule has 0 heterocycles. The lowest BCUT2D eigenvalue weighted by Crippen LogP contribution is -2.28. The van der Waals surface area contributed by atoms with Crippen LogP contribution >= 0.6 is 0 Å². The number of hydroxylamine groups is 2. The zero-order valence-corrected chi connectivity index (χ0v) is 15.0. The number of unbranched alkanes of at least 4 members (excludes halogenated alkanes) is 4. The van der Waals surface area contributed by atoms with Crippen LogP contribution in [0, 0.1) is 11.8 Å². The Morgan fingerprint density at radius 3 is 1.57 bits per heavy atom. The molecular formula is C18H37NO2. The van der Waals surface area contributed by atoms with Gasteiger partial charge in [0.15, 0.2) is 0 Å². The summed E-state index contributed by atoms with van der Waals surface area (Å²) in [7, 11) is 0. The molecule has 0 rings (SSSR count). The lowest BCUT2D eigenvalue weighted by Gasteiger charge is -2.20. The predicted molar refractivity (Wildman–Crippen MR) is 90.0 cm³/mol. The number of rotatable bonds is 13. The molecule has 0 aromatic rings. The molecule has 0 bridgehead atoms. The second kappa shape index (κ2) is 13.1. The van der Waals surface area contributed by atoms with Crippen LogP contribution in [0.1, 0.15) is 86.0 Å². The molecule has 3 nitrogen and oxygen atoms in total. The highest BCUT2D eigenvalue weighted by atomic mass is 16.7. The Morgan fingerprint density at radius 1 is 0.810 bits per heavy atom. The first-order chi connectivity index (χ1) is 9.91. The first-order valence-corrected chi connectivity index (χ1v) is 8.85. The van der Waals surface area contributed by atoms with Crippen molar-refractivity contribution >= 4 is 5.97 Å². The molecule has 0 N–H and O–H groups in total. The van der Waals surface area contributed by atoms with Gasteiger partial charge in [-0.3, -0.25) is 4.79 Å². The minimum atomic E-state index is -0.195. The van der Waals surface area contributed by atoms with Crippen molar-refractivity contribution in [2.24, 2.45) is 11.8 Å². The summed E-state index contributed by atoms with van der Waals surface area (Å²) in [6.07, 6.45) is 9.83. The second-order valence-electron chi connectivity index (χ2n) is 7.00. The van der Waals surface area contributed by atoms with Gasteiger partial charge < -0.3 is 4.84 Å². The van der Waals surface area contributed by atoms with E-state index in [9.17, 15) is 4.79 Å². The average Bonchev–Trinajstić information content (AvgIpc) is 2.36. The quantitative estimate of drug-likeness (QED) is 0.346. The van der Waals surface area contributed by atoms with E-state index >= 15 is 0 Å². The van der Waals surface area contributed by atoms with Crippen LogP contribution in [-0.4, -0.2) is 24.1 Å². The van der Waals surface area contributed by atoms with E-state index < -0.39 is 0 Å². The summed E-state index contributed by atoms with van der Waals surface area (Å²) < 4.78 is 0. The summed E-state index contributed by atoms with van der Waals surface area (Å²) in [5, 5.41) is 1.87. The van der Waals surface area contributed by atoms with Crippen molar-refractivity contribution in [3.8, 4) is 0 Å². The summed E-state index contributed by atoms with van der Waals surface area (Å²) in [5.74, 6) is 1.38. The fourth-order valence-electron chi connectivity index (χ4n) is 2.42. The predicted octanol–water partition coefficient (Wildman–Crippen LogP) is 5.20. The molecule has 0 aromatic heterocycles. The van der Waals surface area contributed by atoms with Crippen LogP contribution < -0.4 is 0 Å². The van der Waals surface area contributed by atoms with Crippen LogP contribution in [0.3, 0.4) is 0 Å². The summed E-state index contributed by atoms with van der Waals surface area (Å²) in [5.41, 5.74) is 0. The fraction of sp³-hybridized carbons (Fsp3) is 0.944. The third-order valence-corrected chi connectivity index (χ3v) is 3.64. The van der Waals surface area contributed by atoms with Gasteiger partial charge in [0.1, 0.15) is 0 Å². The van der Waals surface area contributed by atoms with Gasteiger partial charge in [-0.25, -0.2) is 0 Å². The molecule has 126 valence electrons. The molecule has 0 radical (unpaired) electrons. The van der Waals surface area contributed by atoms with Crippen molar-refractivity contribution in [1.82, 2.24) is 5.06 Å². The van der Waals surface area contributed by atoms with Crippen LogP contribution in [0.15, 0.2) is 0 Å². The molecule has 0 aromatic carbocycles. The minimum absolute atomic E-state index is 0.195. The highest BCUT2D eigenvalue weighted by molar-refractivity contribution is 5.65. The Bertz CT molecular complexity index is 234. The molecule has 0 amide bonds. The second-order valence-corrected chi connectivity index (χ2v) is 7.00. The van der Waals surface area contributed by atoms with Gasteiger partial charge in [0.2, 0.25) is 0 Å². The number of carbonyl (C=O) groups is 1. The van der Waals surface area contributed by atoms with Gasteiger partial charge in [-0.05, 0) is 24.7 Å². The molecule has 0 spiro atoms. The smallest absolute Gasteiger partial charge is 0.322 e. The molecule has 0 aliphatic heterocycles. The number of nitrogens with zero attached hydrogens (tertiary/aromatic N) is 1. The molecule has 0 saturated carbocycles. The SMILES string of the molecule is CC(=O)ON(CCCCCC(C)C)CCCCCC(C)C. The van der Waals surface area contributed by atoms with Gasteiger partial charge in [-0.2, -0.15) is 0 Å². The first kappa shape index (κ1) is 20.4. The summed E-state index contributed by atoms with van der Waals surface area (Å²) in [6.45, 7) is 12.3. The topological polar surface area (TPSA) is 29.5 Å². The van der Waals surface area contributed by atoms with Crippen molar-refractivity contribution in [3.63, 3.8) is 0 Å². The highest BCUT2D eigenvalue weighted by Gasteiger charge is 2.08. The molecule has 0 aliphatic rings. The number of carbonyl (C=O) groups excluding carboxylic acids is 1. The van der Waals surface area contributed by atoms with E-state index in [1.54, 1.807) is 0 Å². The third kappa shape index (κ3) is 15.6. The van der Waals surface area contributed by atoms with E-state index in [0.717, 1.165) is 37.8 Å². The van der Waals surface area contributed by atoms with E-state index in [1.807, 2.05) is 5.06 Å². The lowest BCUT2D eigenvalue weighted by molar-refractivity contribution is -0.188. The maximum absolute atomic E-state index is 11.1. The largest absolute Gasteiger partial charge is 0.368 e. The summed E-state index contributed by atoms with van der Waals surface area (Å²) >= 11 is 0. The Kier molecular flexibility index (Phi) is 12.8. The van der Waals surface area contributed by atoms with Gasteiger partial charge in [-0.1, -0.05) is 66.2 Å². The van der Waals surface area contributed by atoms with E-state index in [2.05, 4.69) is 27.7 Å². The molecule has 0 saturated heterocycles. The summed E-state index contributed by atoms with van der Waals surface area (Å²) in [4.78, 5) is 16.4. The van der Waals surface area contributed by atoms with Crippen molar-refractivity contribution in [3.05, 3.63) is 0 Å². The Hall–Kier alpha value is -0.570. The first-order valence-electron chi connectivity index (χ1n) is 8.85. The molecular weight excluding hydrogens is 262 g/mol. The Labute approximate surface area is 132 Å². The molecule has 0 aliphatic carbocycles. The standard InChI is InChI=1S/C18H37NO2/c1-16(2)12-8-6-10-14-19(21-18(5)20)15-11-7-9-13-17(3)4/h16-17H,6-15H2,1-5H3. The Balaban J connectivity index is 3.74. The van der Waals surface area contributed by atoms with E-state index in [1.165, 1.54) is 45.4 Å². The average molecular weight is 299 g/mol. The van der Waals surface area contributed by atoms with Crippen LogP contribution in [0.25, 0.3) is 0 Å². The van der Waals surface area contributed by atoms with E-state index in [0.29, 0.717) is 0 Å². The molecule has 0 fully saturated rings. The van der Waals surface area contributed by atoms with Gasteiger partial charge >= 0.3 is 5.97 Å². The molecule has 0 atom stereocenters. The van der Waals surface area contributed by atoms with Crippen LogP contribution in [0.5, 0.6) is 0 Å². The fourth-order valence-corrected chi connectivity index (χ4v) is 2.42. The van der Waals surface area contributed by atoms with Gasteiger partial charge in [-0.15, -0.1) is 5.06 Å². The van der Waals surface area contributed by atoms with Crippen molar-refractivity contribution in [1.29, 1.82) is 0 Å². The minimum Gasteiger partial charge on any atom is -0.368 e. The molecule has 21 heavy (non-hydrogen) atoms. The zero-order chi connectivity index (χ0) is 16.1. The number of hydrogen-bond acceptors (Lipinski definition) is 3. The van der Waals surface area contributed by atoms with E-state index in [-0.39, 0.29) is 5.97 Å². The maximum Gasteiger partial charge on any atom is 0.322 e. The Morgan fingerprint density at radius 2 is 1.24 bits per heavy atom. The summed E-state index contributed by atoms with van der Waals surface area (Å²) in [6, 6.07) is 0. The lowest BCUT2D eigenvalue weighted by atomic mass is 10.0. The van der Waals surface area contributed by atoms with E-state index in [4.69, 9.17) is 4.84 Å². The van der Waals surface area contributed by atoms with Gasteiger partial charge in [0.05, 0.1) is 0 Å². The highest BCUT2D eigenvalue weighted by Crippen LogP contribution is 2.11. The van der Waals surface area contributed by atoms with Crippen molar-refractivity contribution in [2.75, 3.05) is 13.1 Å². The van der Waals surface area contributed by atoms with Crippen molar-refractivity contribution < 1.29 is 9.63 Å². The van der Waals surface area contributed by atoms with Gasteiger partial charge in [0.25, 0.3) is 0 Å². The number of hydrogen-bond donors (Lipinski definition) is 0. The van der Waals surface area contributed by atoms with Crippen LogP contribution in [0.2, 0.25) is 0 Å². The zero-order valence-electron chi connectivity index (χ0n) is 15.0. The monoisotopic (exact) mass is 299 g/mol. The van der Waals surface area contributed by atoms with Crippen LogP contribution in [-0.2, 0) is 9.63 Å². The van der Waals surface area contributed by atoms with Crippen molar-refractivity contribution in [2.45, 2.75) is 86.0 Å². The maximum atomic E-state index is 11.1. The van der Waals surface area contributed by atoms with Gasteiger partial charge in [0, 0.05) is 20.0 Å². The molecule has 3 heteroatoms. The normalized spacial score (nSPS) is 11.6. The molecule has 0 unspecified atom stereocenters.